The molecular weight excluding hydrogens is 502 g/mol. The Bertz CT molecular complexity index is 1860. The van der Waals surface area contributed by atoms with E-state index >= 15 is 0 Å². The third-order valence-corrected chi connectivity index (χ3v) is 9.71. The van der Waals surface area contributed by atoms with Crippen molar-refractivity contribution in [2.24, 2.45) is 0 Å². The molecule has 0 N–H and O–H groups in total. The Balaban J connectivity index is 1.43. The van der Waals surface area contributed by atoms with Gasteiger partial charge in [-0.25, -0.2) is 0 Å². The molecular formula is C37H37N3O+2. The van der Waals surface area contributed by atoms with E-state index < -0.39 is 0 Å². The van der Waals surface area contributed by atoms with Crippen LogP contribution in [0.2, 0.25) is 0 Å². The van der Waals surface area contributed by atoms with Crippen LogP contribution < -0.4 is 9.13 Å². The van der Waals surface area contributed by atoms with Crippen molar-refractivity contribution in [2.75, 3.05) is 0 Å². The fraction of sp³-hybridized carbons (Fsp3) is 0.324. The van der Waals surface area contributed by atoms with Crippen molar-refractivity contribution in [1.82, 2.24) is 4.98 Å². The first-order valence-electron chi connectivity index (χ1n) is 15.3. The highest BCUT2D eigenvalue weighted by atomic mass is 16.3. The standard InChI is InChI=1S/C37H37N3O/c1-23(2)30-20-33-35-25(21-38-36-29-13-6-7-16-34(29)41-37(35)36)19-32-28(14-10-17-39(33)22-24(30)3)26-11-4-5-12-27(26)31-15-8-9-18-40(31)32/h4-5,8-12,15,17-18,20-23,28,32H,6-7,13-14,16,19H2,1-3H3/q+2. The molecule has 0 radical (unpaired) electrons. The van der Waals surface area contributed by atoms with Crippen LogP contribution in [-0.4, -0.2) is 4.98 Å². The van der Waals surface area contributed by atoms with Gasteiger partial charge in [-0.1, -0.05) is 32.0 Å². The molecule has 1 aromatic carbocycles. The third-order valence-electron chi connectivity index (χ3n) is 9.71. The van der Waals surface area contributed by atoms with Gasteiger partial charge in [0.1, 0.15) is 11.3 Å². The molecule has 41 heavy (non-hydrogen) atoms. The van der Waals surface area contributed by atoms with E-state index in [-0.39, 0.29) is 6.04 Å². The average molecular weight is 540 g/mol. The summed E-state index contributed by atoms with van der Waals surface area (Å²) in [5.41, 5.74) is 13.8. The average Bonchev–Trinajstić information content (AvgIpc) is 3.37. The first-order valence-corrected chi connectivity index (χ1v) is 15.3. The van der Waals surface area contributed by atoms with Crippen LogP contribution >= 0.6 is 0 Å². The molecule has 4 heteroatoms. The van der Waals surface area contributed by atoms with Crippen molar-refractivity contribution in [3.8, 4) is 22.5 Å². The van der Waals surface area contributed by atoms with Gasteiger partial charge in [0.15, 0.2) is 30.2 Å². The van der Waals surface area contributed by atoms with Gasteiger partial charge in [-0.05, 0) is 73.4 Å². The number of pyridine rings is 3. The molecule has 0 spiro atoms. The summed E-state index contributed by atoms with van der Waals surface area (Å²) in [4.78, 5) is 5.15. The summed E-state index contributed by atoms with van der Waals surface area (Å²) in [5.74, 6) is 1.94. The number of fused-ring (bicyclic) bond motifs is 13. The lowest BCUT2D eigenvalue weighted by molar-refractivity contribution is -0.718. The van der Waals surface area contributed by atoms with Crippen LogP contribution in [0.1, 0.15) is 84.6 Å². The van der Waals surface area contributed by atoms with Crippen LogP contribution in [0.15, 0.2) is 77.6 Å². The highest BCUT2D eigenvalue weighted by Gasteiger charge is 2.41. The number of hydrogen-bond acceptors (Lipinski definition) is 2. The topological polar surface area (TPSA) is 33.8 Å². The molecule has 1 aliphatic carbocycles. The molecule has 2 unspecified atom stereocenters. The van der Waals surface area contributed by atoms with Crippen molar-refractivity contribution in [2.45, 2.75) is 77.2 Å². The van der Waals surface area contributed by atoms with Crippen molar-refractivity contribution in [3.63, 3.8) is 0 Å². The van der Waals surface area contributed by atoms with Crippen molar-refractivity contribution >= 4 is 17.3 Å². The number of aryl methyl sites for hydroxylation is 3. The summed E-state index contributed by atoms with van der Waals surface area (Å²) < 4.78 is 11.7. The third kappa shape index (κ3) is 3.83. The lowest BCUT2D eigenvalue weighted by atomic mass is 9.78. The fourth-order valence-corrected chi connectivity index (χ4v) is 7.78. The Labute approximate surface area is 242 Å². The lowest BCUT2D eigenvalue weighted by Crippen LogP contribution is -2.48. The number of aromatic nitrogens is 3. The summed E-state index contributed by atoms with van der Waals surface area (Å²) in [6.45, 7) is 6.83. The maximum Gasteiger partial charge on any atom is 0.222 e. The number of allylic oxidation sites excluding steroid dienone is 1. The molecule has 0 amide bonds. The molecule has 0 saturated heterocycles. The van der Waals surface area contributed by atoms with E-state index in [9.17, 15) is 0 Å². The van der Waals surface area contributed by atoms with Gasteiger partial charge in [0.2, 0.25) is 11.4 Å². The summed E-state index contributed by atoms with van der Waals surface area (Å²) in [5, 5.41) is 0. The minimum Gasteiger partial charge on any atom is -0.458 e. The Morgan fingerprint density at radius 2 is 1.85 bits per heavy atom. The van der Waals surface area contributed by atoms with Gasteiger partial charge in [-0.15, -0.1) is 0 Å². The van der Waals surface area contributed by atoms with Gasteiger partial charge < -0.3 is 4.42 Å². The molecule has 0 fully saturated rings. The fourth-order valence-electron chi connectivity index (χ4n) is 7.78. The molecule has 3 aliphatic rings. The highest BCUT2D eigenvalue weighted by molar-refractivity contribution is 5.93. The zero-order valence-electron chi connectivity index (χ0n) is 24.2. The van der Waals surface area contributed by atoms with E-state index in [2.05, 4.69) is 109 Å². The largest absolute Gasteiger partial charge is 0.458 e. The molecule has 0 bridgehead atoms. The van der Waals surface area contributed by atoms with Crippen molar-refractivity contribution in [3.05, 3.63) is 107 Å². The molecule has 5 aromatic rings. The molecule has 2 atom stereocenters. The molecule has 0 saturated carbocycles. The second kappa shape index (κ2) is 9.51. The maximum atomic E-state index is 6.80. The Kier molecular flexibility index (Phi) is 5.73. The molecule has 8 rings (SSSR count). The molecule has 4 aromatic heterocycles. The summed E-state index contributed by atoms with van der Waals surface area (Å²) in [6, 6.07) is 18.3. The first-order chi connectivity index (χ1) is 20.1. The van der Waals surface area contributed by atoms with E-state index in [0.717, 1.165) is 42.5 Å². The van der Waals surface area contributed by atoms with E-state index in [1.807, 2.05) is 0 Å². The van der Waals surface area contributed by atoms with Crippen LogP contribution in [0.4, 0.5) is 0 Å². The zero-order valence-corrected chi connectivity index (χ0v) is 24.2. The van der Waals surface area contributed by atoms with Crippen LogP contribution in [0.3, 0.4) is 0 Å². The Morgan fingerprint density at radius 3 is 2.76 bits per heavy atom. The summed E-state index contributed by atoms with van der Waals surface area (Å²) >= 11 is 0. The van der Waals surface area contributed by atoms with E-state index in [4.69, 9.17) is 9.40 Å². The van der Waals surface area contributed by atoms with Crippen molar-refractivity contribution < 1.29 is 13.6 Å². The SMILES string of the molecule is Cc1c[n+]2c(cc1C(C)C)-c1c(cnc3c4c(oc13)CCCC4)CC1C(CC=C2)c2ccccc2-c2cccc[n+]21. The number of hydrogen-bond donors (Lipinski definition) is 0. The summed E-state index contributed by atoms with van der Waals surface area (Å²) in [6.07, 6.45) is 17.8. The molecule has 204 valence electrons. The maximum absolute atomic E-state index is 6.80. The van der Waals surface area contributed by atoms with Crippen LogP contribution in [-0.2, 0) is 19.3 Å². The second-order valence-electron chi connectivity index (χ2n) is 12.5. The molecule has 6 heterocycles. The minimum atomic E-state index is 0.273. The zero-order chi connectivity index (χ0) is 27.7. The van der Waals surface area contributed by atoms with Gasteiger partial charge in [0, 0.05) is 53.9 Å². The summed E-state index contributed by atoms with van der Waals surface area (Å²) in [7, 11) is 0. The van der Waals surface area contributed by atoms with Crippen LogP contribution in [0, 0.1) is 6.92 Å². The number of rotatable bonds is 1. The number of nitrogens with zero attached hydrogens (tertiary/aromatic N) is 3. The highest BCUT2D eigenvalue weighted by Crippen LogP contribution is 2.44. The van der Waals surface area contributed by atoms with Gasteiger partial charge in [0.05, 0.1) is 11.5 Å². The van der Waals surface area contributed by atoms with E-state index in [0.29, 0.717) is 11.8 Å². The smallest absolute Gasteiger partial charge is 0.222 e. The minimum absolute atomic E-state index is 0.273. The van der Waals surface area contributed by atoms with Gasteiger partial charge in [-0.3, -0.25) is 4.98 Å². The normalized spacial score (nSPS) is 19.1. The first kappa shape index (κ1) is 24.7. The Morgan fingerprint density at radius 1 is 1.00 bits per heavy atom. The Hall–Kier alpha value is -4.05. The van der Waals surface area contributed by atoms with Gasteiger partial charge in [-0.2, -0.15) is 9.13 Å². The number of benzene rings is 1. The van der Waals surface area contributed by atoms with Crippen LogP contribution in [0.5, 0.6) is 0 Å². The quantitative estimate of drug-likeness (QED) is 0.204. The molecule has 2 aliphatic heterocycles. The van der Waals surface area contributed by atoms with E-state index in [1.54, 1.807) is 0 Å². The number of furan rings is 1. The van der Waals surface area contributed by atoms with Crippen LogP contribution in [0.25, 0.3) is 39.8 Å². The predicted molar refractivity (Wildman–Crippen MR) is 163 cm³/mol. The lowest BCUT2D eigenvalue weighted by Gasteiger charge is -2.30. The monoisotopic (exact) mass is 539 g/mol. The van der Waals surface area contributed by atoms with Gasteiger partial charge in [0.25, 0.3) is 0 Å². The van der Waals surface area contributed by atoms with Gasteiger partial charge >= 0.3 is 0 Å². The van der Waals surface area contributed by atoms with E-state index in [1.165, 1.54) is 63.2 Å². The second-order valence-corrected chi connectivity index (χ2v) is 12.5. The molecule has 4 nitrogen and oxygen atoms in total. The van der Waals surface area contributed by atoms with Crippen molar-refractivity contribution in [1.29, 1.82) is 0 Å². The predicted octanol–water partition coefficient (Wildman–Crippen LogP) is 7.80.